The molecule has 0 saturated heterocycles. The van der Waals surface area contributed by atoms with Crippen LogP contribution in [0.15, 0.2) is 47.6 Å². The Hall–Kier alpha value is -3.11. The molecule has 31 heavy (non-hydrogen) atoms. The maximum Gasteiger partial charge on any atom is 0.255 e. The molecule has 0 aliphatic rings. The van der Waals surface area contributed by atoms with Gasteiger partial charge in [0.25, 0.3) is 5.91 Å². The quantitative estimate of drug-likeness (QED) is 0.497. The Morgan fingerprint density at radius 1 is 1.23 bits per heavy atom. The number of nitrogens with one attached hydrogen (secondary N) is 2. The number of carbonyl (C=O) groups is 2. The molecule has 0 fully saturated rings. The normalized spacial score (nSPS) is 10.6. The lowest BCUT2D eigenvalue weighted by atomic mass is 10.2. The Morgan fingerprint density at radius 2 is 2.00 bits per heavy atom. The molecular formula is C20H19ClFN5O3S. The smallest absolute Gasteiger partial charge is 0.255 e. The van der Waals surface area contributed by atoms with Crippen molar-refractivity contribution in [2.24, 2.45) is 7.05 Å². The molecule has 162 valence electrons. The van der Waals surface area contributed by atoms with E-state index >= 15 is 0 Å². The molecule has 0 aliphatic heterocycles. The van der Waals surface area contributed by atoms with E-state index in [4.69, 9.17) is 16.3 Å². The highest BCUT2D eigenvalue weighted by Gasteiger charge is 2.15. The fourth-order valence-corrected chi connectivity index (χ4v) is 3.51. The van der Waals surface area contributed by atoms with Gasteiger partial charge in [-0.3, -0.25) is 9.59 Å². The molecule has 3 rings (SSSR count). The zero-order valence-corrected chi connectivity index (χ0v) is 18.3. The molecule has 0 spiro atoms. The van der Waals surface area contributed by atoms with Crippen molar-refractivity contribution in [3.05, 3.63) is 64.7 Å². The molecule has 0 unspecified atom stereocenters. The number of halogens is 2. The molecule has 1 heterocycles. The van der Waals surface area contributed by atoms with Gasteiger partial charge in [0.05, 0.1) is 30.7 Å². The largest absolute Gasteiger partial charge is 0.496 e. The first-order valence-electron chi connectivity index (χ1n) is 9.06. The van der Waals surface area contributed by atoms with Crippen molar-refractivity contribution in [2.45, 2.75) is 11.7 Å². The number of thioether (sulfide) groups is 1. The van der Waals surface area contributed by atoms with Crippen LogP contribution < -0.4 is 15.4 Å². The zero-order chi connectivity index (χ0) is 22.4. The highest BCUT2D eigenvalue weighted by Crippen LogP contribution is 2.21. The summed E-state index contributed by atoms with van der Waals surface area (Å²) < 4.78 is 20.6. The number of hydrogen-bond acceptors (Lipinski definition) is 6. The van der Waals surface area contributed by atoms with Crippen LogP contribution in [0.3, 0.4) is 0 Å². The summed E-state index contributed by atoms with van der Waals surface area (Å²) in [6, 6.07) is 10.9. The van der Waals surface area contributed by atoms with E-state index in [1.807, 2.05) is 0 Å². The number of para-hydroxylation sites is 1. The number of nitrogens with zero attached hydrogens (tertiary/aromatic N) is 3. The second kappa shape index (κ2) is 10.3. The molecule has 2 amide bonds. The number of benzene rings is 2. The Balaban J connectivity index is 1.55. The van der Waals surface area contributed by atoms with Gasteiger partial charge in [0, 0.05) is 12.1 Å². The number of aromatic nitrogens is 3. The molecule has 0 aliphatic carbocycles. The minimum atomic E-state index is -0.613. The summed E-state index contributed by atoms with van der Waals surface area (Å²) in [6.45, 7) is 0.142. The third-order valence-electron chi connectivity index (χ3n) is 4.22. The van der Waals surface area contributed by atoms with Gasteiger partial charge in [0.15, 0.2) is 11.0 Å². The van der Waals surface area contributed by atoms with Crippen molar-refractivity contribution < 1.29 is 18.7 Å². The van der Waals surface area contributed by atoms with Crippen LogP contribution in [0.2, 0.25) is 5.02 Å². The number of amides is 2. The topological polar surface area (TPSA) is 98.1 Å². The van der Waals surface area contributed by atoms with E-state index < -0.39 is 11.7 Å². The number of anilines is 1. The van der Waals surface area contributed by atoms with E-state index in [1.165, 1.54) is 19.2 Å². The summed E-state index contributed by atoms with van der Waals surface area (Å²) in [4.78, 5) is 24.5. The molecular weight excluding hydrogens is 445 g/mol. The van der Waals surface area contributed by atoms with Crippen molar-refractivity contribution in [1.29, 1.82) is 0 Å². The SMILES string of the molecule is COc1ccccc1C(=O)NCc1nnc(SCC(=O)Nc2ccc(Cl)cc2F)n1C. The Kier molecular flexibility index (Phi) is 7.48. The third-order valence-corrected chi connectivity index (χ3v) is 5.48. The minimum Gasteiger partial charge on any atom is -0.496 e. The van der Waals surface area contributed by atoms with Crippen molar-refractivity contribution in [2.75, 3.05) is 18.2 Å². The molecule has 11 heteroatoms. The molecule has 2 N–H and O–H groups in total. The summed E-state index contributed by atoms with van der Waals surface area (Å²) in [5.74, 6) is -0.342. The van der Waals surface area contributed by atoms with Gasteiger partial charge in [-0.05, 0) is 30.3 Å². The fourth-order valence-electron chi connectivity index (χ4n) is 2.62. The van der Waals surface area contributed by atoms with Gasteiger partial charge >= 0.3 is 0 Å². The lowest BCUT2D eigenvalue weighted by Crippen LogP contribution is -2.25. The van der Waals surface area contributed by atoms with Gasteiger partial charge in [-0.15, -0.1) is 10.2 Å². The molecule has 0 atom stereocenters. The van der Waals surface area contributed by atoms with Crippen LogP contribution in [0.4, 0.5) is 10.1 Å². The Bertz CT molecular complexity index is 1110. The van der Waals surface area contributed by atoms with Crippen molar-refractivity contribution >= 4 is 40.9 Å². The van der Waals surface area contributed by atoms with Gasteiger partial charge in [-0.1, -0.05) is 35.5 Å². The first kappa shape index (κ1) is 22.6. The number of carbonyl (C=O) groups excluding carboxylic acids is 2. The fraction of sp³-hybridized carbons (Fsp3) is 0.200. The van der Waals surface area contributed by atoms with Crippen molar-refractivity contribution in [3.8, 4) is 5.75 Å². The predicted octanol–water partition coefficient (Wildman–Crippen LogP) is 3.28. The molecule has 1 aromatic heterocycles. The van der Waals surface area contributed by atoms with Gasteiger partial charge in [0.2, 0.25) is 5.91 Å². The second-order valence-electron chi connectivity index (χ2n) is 6.30. The van der Waals surface area contributed by atoms with Crippen molar-refractivity contribution in [1.82, 2.24) is 20.1 Å². The molecule has 3 aromatic rings. The number of ether oxygens (including phenoxy) is 1. The number of methoxy groups -OCH3 is 1. The second-order valence-corrected chi connectivity index (χ2v) is 7.68. The van der Waals surface area contributed by atoms with E-state index in [0.29, 0.717) is 22.3 Å². The molecule has 2 aromatic carbocycles. The van der Waals surface area contributed by atoms with Crippen LogP contribution in [0, 0.1) is 5.82 Å². The Labute approximate surface area is 187 Å². The van der Waals surface area contributed by atoms with Crippen LogP contribution in [-0.2, 0) is 18.4 Å². The van der Waals surface area contributed by atoms with Crippen LogP contribution >= 0.6 is 23.4 Å². The third kappa shape index (κ3) is 5.74. The van der Waals surface area contributed by atoms with Crippen LogP contribution in [0.5, 0.6) is 5.75 Å². The minimum absolute atomic E-state index is 0.00160. The average molecular weight is 464 g/mol. The lowest BCUT2D eigenvalue weighted by molar-refractivity contribution is -0.113. The predicted molar refractivity (Wildman–Crippen MR) is 116 cm³/mol. The van der Waals surface area contributed by atoms with Crippen LogP contribution in [0.25, 0.3) is 0 Å². The standard InChI is InChI=1S/C20H19ClFN5O3S/c1-27-17(10-23-19(29)13-5-3-4-6-16(13)30-2)25-26-20(27)31-11-18(28)24-15-8-7-12(21)9-14(15)22/h3-9H,10-11H2,1-2H3,(H,23,29)(H,24,28). The van der Waals surface area contributed by atoms with Crippen molar-refractivity contribution in [3.63, 3.8) is 0 Å². The van der Waals surface area contributed by atoms with Gasteiger partial charge in [-0.25, -0.2) is 4.39 Å². The first-order chi connectivity index (χ1) is 14.9. The van der Waals surface area contributed by atoms with E-state index in [-0.39, 0.29) is 28.9 Å². The highest BCUT2D eigenvalue weighted by atomic mass is 35.5. The lowest BCUT2D eigenvalue weighted by Gasteiger charge is -2.09. The monoisotopic (exact) mass is 463 g/mol. The zero-order valence-electron chi connectivity index (χ0n) is 16.7. The van der Waals surface area contributed by atoms with E-state index in [0.717, 1.165) is 17.8 Å². The summed E-state index contributed by atoms with van der Waals surface area (Å²) in [7, 11) is 3.22. The van der Waals surface area contributed by atoms with Gasteiger partial charge in [0.1, 0.15) is 11.6 Å². The summed E-state index contributed by atoms with van der Waals surface area (Å²) in [5, 5.41) is 14.1. The highest BCUT2D eigenvalue weighted by molar-refractivity contribution is 7.99. The molecule has 0 radical (unpaired) electrons. The maximum absolute atomic E-state index is 13.8. The van der Waals surface area contributed by atoms with Crippen LogP contribution in [0.1, 0.15) is 16.2 Å². The summed E-state index contributed by atoms with van der Waals surface area (Å²) >= 11 is 6.84. The Morgan fingerprint density at radius 3 is 2.74 bits per heavy atom. The summed E-state index contributed by atoms with van der Waals surface area (Å²) in [5.41, 5.74) is 0.459. The summed E-state index contributed by atoms with van der Waals surface area (Å²) in [6.07, 6.45) is 0. The first-order valence-corrected chi connectivity index (χ1v) is 10.4. The van der Waals surface area contributed by atoms with Crippen LogP contribution in [-0.4, -0.2) is 39.4 Å². The molecule has 8 nitrogen and oxygen atoms in total. The number of hydrogen-bond donors (Lipinski definition) is 2. The molecule has 0 bridgehead atoms. The van der Waals surface area contributed by atoms with Gasteiger partial charge < -0.3 is 19.9 Å². The van der Waals surface area contributed by atoms with E-state index in [1.54, 1.807) is 35.9 Å². The average Bonchev–Trinajstić information content (AvgIpc) is 3.11. The van der Waals surface area contributed by atoms with Gasteiger partial charge in [-0.2, -0.15) is 0 Å². The van der Waals surface area contributed by atoms with E-state index in [9.17, 15) is 14.0 Å². The number of rotatable bonds is 8. The maximum atomic E-state index is 13.8. The molecule has 0 saturated carbocycles. The van der Waals surface area contributed by atoms with E-state index in [2.05, 4.69) is 20.8 Å².